The monoisotopic (exact) mass is 299 g/mol. The fourth-order valence-electron chi connectivity index (χ4n) is 1.78. The molecule has 17 heavy (non-hydrogen) atoms. The summed E-state index contributed by atoms with van der Waals surface area (Å²) in [6.07, 6.45) is 3.08. The van der Waals surface area contributed by atoms with E-state index >= 15 is 0 Å². The van der Waals surface area contributed by atoms with Crippen LogP contribution < -0.4 is 0 Å². The molecular formula is C11H14BrN3O2. The van der Waals surface area contributed by atoms with E-state index in [1.54, 1.807) is 6.07 Å². The molecule has 2 rings (SSSR count). The highest BCUT2D eigenvalue weighted by Crippen LogP contribution is 2.16. The molecule has 2 atom stereocenters. The zero-order valence-electron chi connectivity index (χ0n) is 9.54. The molecule has 92 valence electrons. The first kappa shape index (κ1) is 12.4. The number of amides is 1. The molecule has 0 aromatic carbocycles. The van der Waals surface area contributed by atoms with Crippen LogP contribution in [0.1, 0.15) is 17.3 Å². The van der Waals surface area contributed by atoms with Crippen LogP contribution in [0.15, 0.2) is 18.5 Å². The number of hydrogen-bond donors (Lipinski definition) is 0. The maximum atomic E-state index is 12.3. The molecule has 1 saturated heterocycles. The van der Waals surface area contributed by atoms with Crippen molar-refractivity contribution in [1.82, 2.24) is 15.1 Å². The van der Waals surface area contributed by atoms with E-state index in [1.807, 2.05) is 11.8 Å². The average Bonchev–Trinajstić information content (AvgIpc) is 2.39. The molecule has 1 fully saturated rings. The summed E-state index contributed by atoms with van der Waals surface area (Å²) in [5.41, 5.74) is 0.571. The smallest absolute Gasteiger partial charge is 0.255 e. The van der Waals surface area contributed by atoms with Gasteiger partial charge in [-0.05, 0) is 13.0 Å². The van der Waals surface area contributed by atoms with E-state index in [9.17, 15) is 4.79 Å². The Labute approximate surface area is 108 Å². The van der Waals surface area contributed by atoms with Crippen molar-refractivity contribution in [2.24, 2.45) is 0 Å². The number of morpholine rings is 1. The van der Waals surface area contributed by atoms with Crippen molar-refractivity contribution in [1.29, 1.82) is 0 Å². The second-order valence-corrected chi connectivity index (χ2v) is 4.69. The summed E-state index contributed by atoms with van der Waals surface area (Å²) >= 11 is 3.38. The van der Waals surface area contributed by atoms with Gasteiger partial charge in [0.2, 0.25) is 0 Å². The van der Waals surface area contributed by atoms with Gasteiger partial charge in [-0.25, -0.2) is 0 Å². The van der Waals surface area contributed by atoms with Gasteiger partial charge >= 0.3 is 0 Å². The Morgan fingerprint density at radius 1 is 1.65 bits per heavy atom. The normalized spacial score (nSPS) is 24.7. The minimum Gasteiger partial charge on any atom is -0.373 e. The number of halogens is 1. The molecule has 0 saturated carbocycles. The molecule has 1 aromatic rings. The fraction of sp³-hybridized carbons (Fsp3) is 0.545. The fourth-order valence-corrected chi connectivity index (χ4v) is 2.17. The lowest BCUT2D eigenvalue weighted by Crippen LogP contribution is -2.51. The molecule has 1 aliphatic heterocycles. The Balaban J connectivity index is 2.12. The predicted octanol–water partition coefficient (Wildman–Crippen LogP) is 1.10. The highest BCUT2D eigenvalue weighted by molar-refractivity contribution is 9.09. The molecule has 0 aliphatic carbocycles. The summed E-state index contributed by atoms with van der Waals surface area (Å²) in [5, 5.41) is 8.13. The molecule has 6 heteroatoms. The highest BCUT2D eigenvalue weighted by atomic mass is 79.9. The van der Waals surface area contributed by atoms with E-state index in [1.165, 1.54) is 12.4 Å². The molecule has 1 amide bonds. The second-order valence-electron chi connectivity index (χ2n) is 4.05. The lowest BCUT2D eigenvalue weighted by molar-refractivity contribution is -0.0361. The Hall–Kier alpha value is -1.01. The number of hydrogen-bond acceptors (Lipinski definition) is 4. The molecule has 0 spiro atoms. The summed E-state index contributed by atoms with van der Waals surface area (Å²) < 4.78 is 5.59. The third-order valence-electron chi connectivity index (χ3n) is 2.77. The number of nitrogens with zero attached hydrogens (tertiary/aromatic N) is 3. The lowest BCUT2D eigenvalue weighted by Gasteiger charge is -2.37. The van der Waals surface area contributed by atoms with Gasteiger partial charge < -0.3 is 9.64 Å². The van der Waals surface area contributed by atoms with Crippen LogP contribution in [0.3, 0.4) is 0 Å². The molecule has 1 aliphatic rings. The van der Waals surface area contributed by atoms with Crippen LogP contribution in [0.25, 0.3) is 0 Å². The van der Waals surface area contributed by atoms with Crippen LogP contribution in [-0.2, 0) is 4.74 Å². The Bertz CT molecular complexity index is 388. The van der Waals surface area contributed by atoms with E-state index in [0.717, 1.165) is 5.33 Å². The Kier molecular flexibility index (Phi) is 4.06. The number of ether oxygens (including phenoxy) is 1. The summed E-state index contributed by atoms with van der Waals surface area (Å²) in [4.78, 5) is 14.1. The lowest BCUT2D eigenvalue weighted by atomic mass is 10.1. The van der Waals surface area contributed by atoms with Crippen LogP contribution >= 0.6 is 15.9 Å². The highest BCUT2D eigenvalue weighted by Gasteiger charge is 2.29. The maximum absolute atomic E-state index is 12.3. The maximum Gasteiger partial charge on any atom is 0.255 e. The van der Waals surface area contributed by atoms with Gasteiger partial charge in [-0.3, -0.25) is 4.79 Å². The standard InChI is InChI=1S/C11H14BrN3O2/c1-8-7-17-10(4-12)6-15(8)11(16)9-2-3-13-14-5-9/h2-3,5,8,10H,4,6-7H2,1H3. The molecular weight excluding hydrogens is 286 g/mol. The average molecular weight is 300 g/mol. The zero-order valence-corrected chi connectivity index (χ0v) is 11.1. The summed E-state index contributed by atoms with van der Waals surface area (Å²) in [5.74, 6) is -0.0124. The number of rotatable bonds is 2. The molecule has 2 unspecified atom stereocenters. The minimum atomic E-state index is -0.0124. The molecule has 5 nitrogen and oxygen atoms in total. The Morgan fingerprint density at radius 3 is 3.12 bits per heavy atom. The number of alkyl halides is 1. The molecule has 1 aromatic heterocycles. The third-order valence-corrected chi connectivity index (χ3v) is 3.49. The number of carbonyl (C=O) groups excluding carboxylic acids is 1. The van der Waals surface area contributed by atoms with Crippen LogP contribution in [0.5, 0.6) is 0 Å². The van der Waals surface area contributed by atoms with E-state index in [0.29, 0.717) is 18.7 Å². The van der Waals surface area contributed by atoms with E-state index in [2.05, 4.69) is 26.1 Å². The van der Waals surface area contributed by atoms with Gasteiger partial charge in [-0.15, -0.1) is 0 Å². The van der Waals surface area contributed by atoms with Crippen LogP contribution in [0.2, 0.25) is 0 Å². The summed E-state index contributed by atoms with van der Waals surface area (Å²) in [6, 6.07) is 1.77. The topological polar surface area (TPSA) is 55.3 Å². The quantitative estimate of drug-likeness (QED) is 0.768. The Morgan fingerprint density at radius 2 is 2.47 bits per heavy atom. The van der Waals surface area contributed by atoms with Gasteiger partial charge in [0, 0.05) is 11.9 Å². The van der Waals surface area contributed by atoms with E-state index in [4.69, 9.17) is 4.74 Å². The molecule has 0 N–H and O–H groups in total. The molecule has 2 heterocycles. The van der Waals surface area contributed by atoms with Gasteiger partial charge in [-0.1, -0.05) is 15.9 Å². The second kappa shape index (κ2) is 5.55. The largest absolute Gasteiger partial charge is 0.373 e. The summed E-state index contributed by atoms with van der Waals surface area (Å²) in [6.45, 7) is 3.16. The predicted molar refractivity (Wildman–Crippen MR) is 66.1 cm³/mol. The van der Waals surface area contributed by atoms with Crippen molar-refractivity contribution in [3.05, 3.63) is 24.0 Å². The first-order chi connectivity index (χ1) is 8.22. The van der Waals surface area contributed by atoms with E-state index < -0.39 is 0 Å². The SMILES string of the molecule is CC1COC(CBr)CN1C(=O)c1ccnnc1. The first-order valence-corrected chi connectivity index (χ1v) is 6.59. The first-order valence-electron chi connectivity index (χ1n) is 5.47. The van der Waals surface area contributed by atoms with Crippen molar-refractivity contribution >= 4 is 21.8 Å². The van der Waals surface area contributed by atoms with Crippen molar-refractivity contribution < 1.29 is 9.53 Å². The van der Waals surface area contributed by atoms with Crippen molar-refractivity contribution in [2.75, 3.05) is 18.5 Å². The van der Waals surface area contributed by atoms with Crippen LogP contribution in [0.4, 0.5) is 0 Å². The van der Waals surface area contributed by atoms with Gasteiger partial charge in [0.05, 0.1) is 36.7 Å². The van der Waals surface area contributed by atoms with Crippen LogP contribution in [-0.4, -0.2) is 51.6 Å². The van der Waals surface area contributed by atoms with Crippen molar-refractivity contribution in [2.45, 2.75) is 19.1 Å². The number of carbonyl (C=O) groups is 1. The van der Waals surface area contributed by atoms with E-state index in [-0.39, 0.29) is 18.1 Å². The van der Waals surface area contributed by atoms with Gasteiger partial charge in [0.25, 0.3) is 5.91 Å². The van der Waals surface area contributed by atoms with Crippen molar-refractivity contribution in [3.63, 3.8) is 0 Å². The summed E-state index contributed by atoms with van der Waals surface area (Å²) in [7, 11) is 0. The zero-order chi connectivity index (χ0) is 12.3. The van der Waals surface area contributed by atoms with Crippen molar-refractivity contribution in [3.8, 4) is 0 Å². The number of aromatic nitrogens is 2. The van der Waals surface area contributed by atoms with Gasteiger partial charge in [0.1, 0.15) is 0 Å². The van der Waals surface area contributed by atoms with Gasteiger partial charge in [-0.2, -0.15) is 10.2 Å². The van der Waals surface area contributed by atoms with Gasteiger partial charge in [0.15, 0.2) is 0 Å². The molecule has 0 bridgehead atoms. The van der Waals surface area contributed by atoms with Crippen LogP contribution in [0, 0.1) is 0 Å². The minimum absolute atomic E-state index is 0.0124. The molecule has 0 radical (unpaired) electrons. The third kappa shape index (κ3) is 2.81.